The van der Waals surface area contributed by atoms with Crippen LogP contribution in [0.1, 0.15) is 55.3 Å². The monoisotopic (exact) mass is 398 g/mol. The van der Waals surface area contributed by atoms with Crippen molar-refractivity contribution in [3.8, 4) is 6.07 Å². The third kappa shape index (κ3) is 4.70. The standard InChI is InChI=1S/C22H30N4O3/c1-25(22(16-23)11-5-2-6-12-22)20(28)14-24-19-10-4-3-9-18(19)21(29)26-13-7-8-17(27)15-26/h3-4,9-10,17,24,27H,2,5-8,11-15H2,1H3. The van der Waals surface area contributed by atoms with Crippen LogP contribution in [-0.4, -0.2) is 65.0 Å². The molecule has 1 saturated carbocycles. The first-order valence-electron chi connectivity index (χ1n) is 10.4. The molecule has 29 heavy (non-hydrogen) atoms. The molecule has 1 heterocycles. The molecule has 2 fully saturated rings. The minimum atomic E-state index is -0.726. The molecule has 2 N–H and O–H groups in total. The molecule has 1 aromatic carbocycles. The Balaban J connectivity index is 1.67. The molecule has 7 nitrogen and oxygen atoms in total. The van der Waals surface area contributed by atoms with Gasteiger partial charge in [-0.1, -0.05) is 31.4 Å². The average Bonchev–Trinajstić information content (AvgIpc) is 2.77. The van der Waals surface area contributed by atoms with E-state index in [4.69, 9.17) is 0 Å². The van der Waals surface area contributed by atoms with Gasteiger partial charge in [-0.25, -0.2) is 0 Å². The van der Waals surface area contributed by atoms with E-state index in [9.17, 15) is 20.0 Å². The lowest BCUT2D eigenvalue weighted by Gasteiger charge is -2.39. The Kier molecular flexibility index (Phi) is 6.75. The number of amides is 2. The number of hydrogen-bond acceptors (Lipinski definition) is 5. The van der Waals surface area contributed by atoms with Gasteiger partial charge in [0.15, 0.2) is 0 Å². The van der Waals surface area contributed by atoms with Gasteiger partial charge < -0.3 is 20.2 Å². The Hall–Kier alpha value is -2.59. The number of aliphatic hydroxyl groups excluding tert-OH is 1. The van der Waals surface area contributed by atoms with Crippen LogP contribution in [-0.2, 0) is 4.79 Å². The summed E-state index contributed by atoms with van der Waals surface area (Å²) >= 11 is 0. The van der Waals surface area contributed by atoms with E-state index in [1.165, 1.54) is 0 Å². The molecule has 0 bridgehead atoms. The number of likely N-dealkylation sites (N-methyl/N-ethyl adjacent to an activating group) is 1. The molecule has 3 rings (SSSR count). The van der Waals surface area contributed by atoms with Crippen molar-refractivity contribution < 1.29 is 14.7 Å². The maximum Gasteiger partial charge on any atom is 0.256 e. The van der Waals surface area contributed by atoms with Crippen LogP contribution in [0.15, 0.2) is 24.3 Å². The molecular formula is C22H30N4O3. The number of para-hydroxylation sites is 1. The van der Waals surface area contributed by atoms with Crippen molar-refractivity contribution in [3.63, 3.8) is 0 Å². The van der Waals surface area contributed by atoms with Crippen LogP contribution in [0.2, 0.25) is 0 Å². The normalized spacial score (nSPS) is 21.1. The van der Waals surface area contributed by atoms with Crippen LogP contribution in [0, 0.1) is 11.3 Å². The fourth-order valence-corrected chi connectivity index (χ4v) is 4.32. The summed E-state index contributed by atoms with van der Waals surface area (Å²) in [5.74, 6) is -0.308. The van der Waals surface area contributed by atoms with Crippen LogP contribution >= 0.6 is 0 Å². The highest BCUT2D eigenvalue weighted by Crippen LogP contribution is 2.32. The number of nitrogens with zero attached hydrogens (tertiary/aromatic N) is 3. The molecule has 1 aromatic rings. The molecular weight excluding hydrogens is 368 g/mol. The highest BCUT2D eigenvalue weighted by Gasteiger charge is 2.38. The van der Waals surface area contributed by atoms with Crippen LogP contribution < -0.4 is 5.32 Å². The quantitative estimate of drug-likeness (QED) is 0.794. The largest absolute Gasteiger partial charge is 0.391 e. The van der Waals surface area contributed by atoms with E-state index < -0.39 is 11.6 Å². The second-order valence-electron chi connectivity index (χ2n) is 8.10. The van der Waals surface area contributed by atoms with E-state index >= 15 is 0 Å². The molecule has 1 atom stereocenters. The zero-order valence-corrected chi connectivity index (χ0v) is 17.1. The zero-order valence-electron chi connectivity index (χ0n) is 17.1. The Morgan fingerprint density at radius 2 is 2.00 bits per heavy atom. The highest BCUT2D eigenvalue weighted by molar-refractivity contribution is 6.00. The molecule has 0 spiro atoms. The number of hydrogen-bond donors (Lipinski definition) is 2. The lowest BCUT2D eigenvalue weighted by atomic mass is 9.81. The predicted octanol–water partition coefficient (Wildman–Crippen LogP) is 2.38. The van der Waals surface area contributed by atoms with Gasteiger partial charge in [-0.15, -0.1) is 0 Å². The van der Waals surface area contributed by atoms with E-state index in [1.54, 1.807) is 35.0 Å². The minimum Gasteiger partial charge on any atom is -0.391 e. The third-order valence-electron chi connectivity index (χ3n) is 6.18. The predicted molar refractivity (Wildman–Crippen MR) is 110 cm³/mol. The fraction of sp³-hybridized carbons (Fsp3) is 0.591. The van der Waals surface area contributed by atoms with Crippen LogP contribution in [0.4, 0.5) is 5.69 Å². The van der Waals surface area contributed by atoms with Gasteiger partial charge in [-0.2, -0.15) is 5.26 Å². The number of likely N-dealkylation sites (tertiary alicyclic amines) is 1. The number of nitriles is 1. The summed E-state index contributed by atoms with van der Waals surface area (Å²) < 4.78 is 0. The molecule has 156 valence electrons. The van der Waals surface area contributed by atoms with Crippen molar-refractivity contribution in [1.82, 2.24) is 9.80 Å². The van der Waals surface area contributed by atoms with Crippen molar-refractivity contribution in [2.45, 2.75) is 56.6 Å². The van der Waals surface area contributed by atoms with Crippen molar-refractivity contribution in [1.29, 1.82) is 5.26 Å². The van der Waals surface area contributed by atoms with E-state index in [1.807, 2.05) is 6.07 Å². The van der Waals surface area contributed by atoms with Gasteiger partial charge in [0.2, 0.25) is 5.91 Å². The van der Waals surface area contributed by atoms with E-state index in [2.05, 4.69) is 11.4 Å². The zero-order chi connectivity index (χ0) is 20.9. The maximum absolute atomic E-state index is 12.9. The van der Waals surface area contributed by atoms with Gasteiger partial charge in [-0.3, -0.25) is 9.59 Å². The molecule has 7 heteroatoms. The van der Waals surface area contributed by atoms with Crippen LogP contribution in [0.3, 0.4) is 0 Å². The summed E-state index contributed by atoms with van der Waals surface area (Å²) in [5.41, 5.74) is 0.356. The second kappa shape index (κ2) is 9.27. The molecule has 1 unspecified atom stereocenters. The Morgan fingerprint density at radius 1 is 1.28 bits per heavy atom. The number of β-amino-alcohol motifs (C(OH)–C–C–N with tert-alkyl or cyclic N) is 1. The van der Waals surface area contributed by atoms with Crippen molar-refractivity contribution in [2.24, 2.45) is 0 Å². The molecule has 0 radical (unpaired) electrons. The molecule has 2 amide bonds. The van der Waals surface area contributed by atoms with Gasteiger partial charge in [0.25, 0.3) is 5.91 Å². The number of nitrogens with one attached hydrogen (secondary N) is 1. The smallest absolute Gasteiger partial charge is 0.256 e. The lowest BCUT2D eigenvalue weighted by Crippen LogP contribution is -2.51. The average molecular weight is 399 g/mol. The number of benzene rings is 1. The first-order valence-corrected chi connectivity index (χ1v) is 10.4. The number of carbonyl (C=O) groups is 2. The fourth-order valence-electron chi connectivity index (χ4n) is 4.32. The van der Waals surface area contributed by atoms with Gasteiger partial charge in [0, 0.05) is 25.8 Å². The number of rotatable bonds is 5. The van der Waals surface area contributed by atoms with Gasteiger partial charge >= 0.3 is 0 Å². The molecule has 1 aliphatic heterocycles. The summed E-state index contributed by atoms with van der Waals surface area (Å²) in [5, 5.41) is 22.7. The maximum atomic E-state index is 12.9. The lowest BCUT2D eigenvalue weighted by molar-refractivity contribution is -0.132. The highest BCUT2D eigenvalue weighted by atomic mass is 16.3. The Labute approximate surface area is 172 Å². The van der Waals surface area contributed by atoms with E-state index in [-0.39, 0.29) is 18.4 Å². The third-order valence-corrected chi connectivity index (χ3v) is 6.18. The number of carbonyl (C=O) groups excluding carboxylic acids is 2. The Bertz CT molecular complexity index is 783. The number of aliphatic hydroxyl groups is 1. The van der Waals surface area contributed by atoms with E-state index in [0.717, 1.165) is 25.7 Å². The summed E-state index contributed by atoms with van der Waals surface area (Å²) in [6.45, 7) is 0.975. The Morgan fingerprint density at radius 3 is 2.69 bits per heavy atom. The van der Waals surface area contributed by atoms with Crippen molar-refractivity contribution in [3.05, 3.63) is 29.8 Å². The van der Waals surface area contributed by atoms with Gasteiger partial charge in [-0.05, 0) is 37.8 Å². The van der Waals surface area contributed by atoms with E-state index in [0.29, 0.717) is 43.6 Å². The van der Waals surface area contributed by atoms with Crippen molar-refractivity contribution >= 4 is 17.5 Å². The summed E-state index contributed by atoms with van der Waals surface area (Å²) in [7, 11) is 1.70. The van der Waals surface area contributed by atoms with Crippen LogP contribution in [0.25, 0.3) is 0 Å². The number of piperidine rings is 1. The van der Waals surface area contributed by atoms with Crippen molar-refractivity contribution in [2.75, 3.05) is 32.0 Å². The second-order valence-corrected chi connectivity index (χ2v) is 8.10. The topological polar surface area (TPSA) is 96.7 Å². The SMILES string of the molecule is CN(C(=O)CNc1ccccc1C(=O)N1CCCC(O)C1)C1(C#N)CCCCC1. The molecule has 2 aliphatic rings. The first kappa shape index (κ1) is 21.1. The molecule has 1 saturated heterocycles. The van der Waals surface area contributed by atoms with Gasteiger partial charge in [0.05, 0.1) is 24.3 Å². The summed E-state index contributed by atoms with van der Waals surface area (Å²) in [6.07, 6.45) is 5.43. The number of anilines is 1. The van der Waals surface area contributed by atoms with Crippen LogP contribution in [0.5, 0.6) is 0 Å². The molecule has 0 aromatic heterocycles. The molecule has 1 aliphatic carbocycles. The van der Waals surface area contributed by atoms with Gasteiger partial charge in [0.1, 0.15) is 5.54 Å². The minimum absolute atomic E-state index is 0.0207. The summed E-state index contributed by atoms with van der Waals surface area (Å²) in [6, 6.07) is 9.49. The first-order chi connectivity index (χ1) is 14.0. The summed E-state index contributed by atoms with van der Waals surface area (Å²) in [4.78, 5) is 29.0.